The molecule has 4 nitrogen and oxygen atoms in total. The van der Waals surface area contributed by atoms with Gasteiger partial charge in [-0.05, 0) is 12.8 Å². The van der Waals surface area contributed by atoms with E-state index in [0.717, 1.165) is 19.4 Å². The lowest BCUT2D eigenvalue weighted by atomic mass is 10.1. The van der Waals surface area contributed by atoms with E-state index in [0.29, 0.717) is 0 Å². The molecule has 0 bridgehead atoms. The Morgan fingerprint density at radius 1 is 1.83 bits per heavy atom. The van der Waals surface area contributed by atoms with Crippen molar-refractivity contribution in [1.82, 2.24) is 4.90 Å². The van der Waals surface area contributed by atoms with Crippen molar-refractivity contribution in [3.63, 3.8) is 0 Å². The number of aliphatic hydroxyl groups is 1. The molecule has 1 rings (SSSR count). The van der Waals surface area contributed by atoms with Gasteiger partial charge in [-0.25, -0.2) is 0 Å². The highest BCUT2D eigenvalue weighted by Crippen LogP contribution is 2.19. The summed E-state index contributed by atoms with van der Waals surface area (Å²) in [4.78, 5) is 12.8. The van der Waals surface area contributed by atoms with Crippen molar-refractivity contribution in [2.75, 3.05) is 13.1 Å². The lowest BCUT2D eigenvalue weighted by Crippen LogP contribution is -2.44. The van der Waals surface area contributed by atoms with Crippen molar-refractivity contribution in [2.24, 2.45) is 5.73 Å². The summed E-state index contributed by atoms with van der Waals surface area (Å²) >= 11 is 0. The Hall–Kier alpha value is -0.610. The first-order valence-electron chi connectivity index (χ1n) is 4.32. The molecule has 0 aliphatic carbocycles. The van der Waals surface area contributed by atoms with Crippen LogP contribution in [0.5, 0.6) is 0 Å². The SMILES string of the molecule is CC(=O)N1CCCC1C(O)CN. The van der Waals surface area contributed by atoms with Crippen LogP contribution in [0.4, 0.5) is 0 Å². The Labute approximate surface area is 72.3 Å². The highest BCUT2D eigenvalue weighted by atomic mass is 16.3. The maximum absolute atomic E-state index is 11.1. The van der Waals surface area contributed by atoms with Gasteiger partial charge in [-0.3, -0.25) is 4.79 Å². The molecular formula is C8H16N2O2. The first-order chi connectivity index (χ1) is 5.66. The van der Waals surface area contributed by atoms with Gasteiger partial charge in [0.25, 0.3) is 0 Å². The standard InChI is InChI=1S/C8H16N2O2/c1-6(11)10-4-2-3-7(10)8(12)5-9/h7-8,12H,2-5,9H2,1H3. The van der Waals surface area contributed by atoms with Crippen molar-refractivity contribution in [3.8, 4) is 0 Å². The normalized spacial score (nSPS) is 25.9. The second-order valence-corrected chi connectivity index (χ2v) is 3.23. The van der Waals surface area contributed by atoms with Crippen LogP contribution in [0.1, 0.15) is 19.8 Å². The first kappa shape index (κ1) is 9.48. The van der Waals surface area contributed by atoms with Gasteiger partial charge in [-0.2, -0.15) is 0 Å². The molecule has 2 atom stereocenters. The minimum atomic E-state index is -0.559. The minimum absolute atomic E-state index is 0.0324. The van der Waals surface area contributed by atoms with Crippen LogP contribution >= 0.6 is 0 Å². The molecule has 0 aromatic carbocycles. The molecule has 1 fully saturated rings. The molecule has 70 valence electrons. The van der Waals surface area contributed by atoms with E-state index in [9.17, 15) is 9.90 Å². The Bertz CT molecular complexity index is 172. The number of hydrogen-bond acceptors (Lipinski definition) is 3. The molecule has 0 radical (unpaired) electrons. The van der Waals surface area contributed by atoms with Crippen molar-refractivity contribution in [1.29, 1.82) is 0 Å². The minimum Gasteiger partial charge on any atom is -0.390 e. The van der Waals surface area contributed by atoms with Crippen molar-refractivity contribution in [2.45, 2.75) is 31.9 Å². The van der Waals surface area contributed by atoms with Gasteiger partial charge < -0.3 is 15.7 Å². The van der Waals surface area contributed by atoms with E-state index in [1.165, 1.54) is 6.92 Å². The topological polar surface area (TPSA) is 66.6 Å². The van der Waals surface area contributed by atoms with Crippen LogP contribution in [0.15, 0.2) is 0 Å². The Morgan fingerprint density at radius 2 is 2.50 bits per heavy atom. The third-order valence-electron chi connectivity index (χ3n) is 2.39. The predicted molar refractivity (Wildman–Crippen MR) is 45.5 cm³/mol. The van der Waals surface area contributed by atoms with Crippen molar-refractivity contribution < 1.29 is 9.90 Å². The third-order valence-corrected chi connectivity index (χ3v) is 2.39. The van der Waals surface area contributed by atoms with Gasteiger partial charge in [0.2, 0.25) is 5.91 Å². The Kier molecular flexibility index (Phi) is 3.05. The van der Waals surface area contributed by atoms with E-state index in [-0.39, 0.29) is 18.5 Å². The summed E-state index contributed by atoms with van der Waals surface area (Å²) in [5.74, 6) is 0.0324. The van der Waals surface area contributed by atoms with E-state index >= 15 is 0 Å². The van der Waals surface area contributed by atoms with Gasteiger partial charge in [0.1, 0.15) is 0 Å². The average molecular weight is 172 g/mol. The van der Waals surface area contributed by atoms with Crippen LogP contribution in [0.25, 0.3) is 0 Å². The second kappa shape index (κ2) is 3.87. The molecule has 0 saturated carbocycles. The molecule has 0 aromatic rings. The fourth-order valence-corrected chi connectivity index (χ4v) is 1.74. The number of carbonyl (C=O) groups excluding carboxylic acids is 1. The lowest BCUT2D eigenvalue weighted by molar-refractivity contribution is -0.131. The summed E-state index contributed by atoms with van der Waals surface area (Å²) in [7, 11) is 0. The summed E-state index contributed by atoms with van der Waals surface area (Å²) in [6.45, 7) is 2.52. The molecule has 2 unspecified atom stereocenters. The monoisotopic (exact) mass is 172 g/mol. The van der Waals surface area contributed by atoms with Crippen molar-refractivity contribution >= 4 is 5.91 Å². The fourth-order valence-electron chi connectivity index (χ4n) is 1.74. The van der Waals surface area contributed by atoms with Crippen LogP contribution in [0.2, 0.25) is 0 Å². The van der Waals surface area contributed by atoms with Crippen LogP contribution in [-0.2, 0) is 4.79 Å². The zero-order valence-corrected chi connectivity index (χ0v) is 7.36. The number of likely N-dealkylation sites (tertiary alicyclic amines) is 1. The fraction of sp³-hybridized carbons (Fsp3) is 0.875. The number of rotatable bonds is 2. The Morgan fingerprint density at radius 3 is 3.00 bits per heavy atom. The average Bonchev–Trinajstić information content (AvgIpc) is 2.50. The summed E-state index contributed by atoms with van der Waals surface area (Å²) < 4.78 is 0. The van der Waals surface area contributed by atoms with Gasteiger partial charge in [0.15, 0.2) is 0 Å². The Balaban J connectivity index is 2.57. The highest BCUT2D eigenvalue weighted by Gasteiger charge is 2.31. The number of hydrogen-bond donors (Lipinski definition) is 2. The number of aliphatic hydroxyl groups excluding tert-OH is 1. The lowest BCUT2D eigenvalue weighted by Gasteiger charge is -2.26. The second-order valence-electron chi connectivity index (χ2n) is 3.23. The molecule has 1 amide bonds. The van der Waals surface area contributed by atoms with Crippen molar-refractivity contribution in [3.05, 3.63) is 0 Å². The van der Waals surface area contributed by atoms with E-state index in [1.54, 1.807) is 4.90 Å². The maximum atomic E-state index is 11.1. The van der Waals surface area contributed by atoms with Gasteiger partial charge in [0, 0.05) is 20.0 Å². The van der Waals surface area contributed by atoms with Crippen LogP contribution in [0, 0.1) is 0 Å². The van der Waals surface area contributed by atoms with Gasteiger partial charge >= 0.3 is 0 Å². The number of nitrogens with zero attached hydrogens (tertiary/aromatic N) is 1. The van der Waals surface area contributed by atoms with Crippen LogP contribution in [0.3, 0.4) is 0 Å². The summed E-state index contributed by atoms with van der Waals surface area (Å²) in [6, 6.07) is -0.0486. The summed E-state index contributed by atoms with van der Waals surface area (Å²) in [5.41, 5.74) is 5.33. The molecule has 3 N–H and O–H groups in total. The molecular weight excluding hydrogens is 156 g/mol. The largest absolute Gasteiger partial charge is 0.390 e. The zero-order chi connectivity index (χ0) is 9.14. The molecule has 1 aliphatic heterocycles. The molecule has 1 aliphatic rings. The smallest absolute Gasteiger partial charge is 0.219 e. The number of carbonyl (C=O) groups is 1. The quantitative estimate of drug-likeness (QED) is 0.580. The van der Waals surface area contributed by atoms with Gasteiger partial charge in [-0.1, -0.05) is 0 Å². The zero-order valence-electron chi connectivity index (χ0n) is 7.36. The number of amides is 1. The van der Waals surface area contributed by atoms with Gasteiger partial charge in [-0.15, -0.1) is 0 Å². The number of nitrogens with two attached hydrogens (primary N) is 1. The molecule has 4 heteroatoms. The van der Waals surface area contributed by atoms with Gasteiger partial charge in [0.05, 0.1) is 12.1 Å². The molecule has 0 spiro atoms. The van der Waals surface area contributed by atoms with E-state index < -0.39 is 6.10 Å². The van der Waals surface area contributed by atoms with E-state index in [4.69, 9.17) is 5.73 Å². The molecule has 1 saturated heterocycles. The third kappa shape index (κ3) is 1.76. The summed E-state index contributed by atoms with van der Waals surface area (Å²) in [6.07, 6.45) is 1.29. The highest BCUT2D eigenvalue weighted by molar-refractivity contribution is 5.74. The molecule has 1 heterocycles. The maximum Gasteiger partial charge on any atom is 0.219 e. The summed E-state index contributed by atoms with van der Waals surface area (Å²) in [5, 5.41) is 9.46. The van der Waals surface area contributed by atoms with Crippen LogP contribution in [-0.4, -0.2) is 41.1 Å². The molecule has 0 aromatic heterocycles. The first-order valence-corrected chi connectivity index (χ1v) is 4.32. The van der Waals surface area contributed by atoms with E-state index in [2.05, 4.69) is 0 Å². The van der Waals surface area contributed by atoms with Crippen LogP contribution < -0.4 is 5.73 Å². The van der Waals surface area contributed by atoms with E-state index in [1.807, 2.05) is 0 Å². The molecule has 12 heavy (non-hydrogen) atoms. The predicted octanol–water partition coefficient (Wildman–Crippen LogP) is -0.683.